The molecule has 1 aliphatic heterocycles. The minimum atomic E-state index is -0.981. The average Bonchev–Trinajstić information content (AvgIpc) is 2.78. The summed E-state index contributed by atoms with van der Waals surface area (Å²) in [7, 11) is 3.27. The van der Waals surface area contributed by atoms with Crippen molar-refractivity contribution in [1.82, 2.24) is 9.80 Å². The summed E-state index contributed by atoms with van der Waals surface area (Å²) in [5.41, 5.74) is 0. The summed E-state index contributed by atoms with van der Waals surface area (Å²) in [5, 5.41) is 8.83. The number of aliphatic carboxylic acids is 1. The SMILES string of the molecule is CC(C(=O)O)N(C)C(=O)N(C)C1CCSC1. The summed E-state index contributed by atoms with van der Waals surface area (Å²) in [4.78, 5) is 25.6. The van der Waals surface area contributed by atoms with Gasteiger partial charge in [0.25, 0.3) is 0 Å². The Bertz CT molecular complexity index is 279. The molecule has 0 radical (unpaired) electrons. The zero-order valence-electron chi connectivity index (χ0n) is 9.84. The summed E-state index contributed by atoms with van der Waals surface area (Å²) in [5.74, 6) is 1.03. The van der Waals surface area contributed by atoms with Crippen molar-refractivity contribution < 1.29 is 14.7 Å². The standard InChI is InChI=1S/C10H18N2O3S/c1-7(9(13)14)11(2)10(15)12(3)8-4-5-16-6-8/h7-8H,4-6H2,1-3H3,(H,13,14). The first-order valence-corrected chi connectivity index (χ1v) is 6.40. The Morgan fingerprint density at radius 2 is 2.06 bits per heavy atom. The minimum Gasteiger partial charge on any atom is -0.480 e. The van der Waals surface area contributed by atoms with Crippen LogP contribution in [0.15, 0.2) is 0 Å². The van der Waals surface area contributed by atoms with Crippen molar-refractivity contribution in [2.45, 2.75) is 25.4 Å². The quantitative estimate of drug-likeness (QED) is 0.805. The van der Waals surface area contributed by atoms with Crippen molar-refractivity contribution in [2.24, 2.45) is 0 Å². The number of hydrogen-bond acceptors (Lipinski definition) is 3. The van der Waals surface area contributed by atoms with Crippen molar-refractivity contribution in [3.05, 3.63) is 0 Å². The smallest absolute Gasteiger partial charge is 0.326 e. The Labute approximate surface area is 99.8 Å². The van der Waals surface area contributed by atoms with Crippen LogP contribution in [0.25, 0.3) is 0 Å². The molecule has 5 nitrogen and oxygen atoms in total. The molecule has 1 saturated heterocycles. The van der Waals surface area contributed by atoms with Gasteiger partial charge in [-0.3, -0.25) is 0 Å². The lowest BCUT2D eigenvalue weighted by molar-refractivity contribution is -0.141. The minimum absolute atomic E-state index is 0.220. The third-order valence-electron chi connectivity index (χ3n) is 3.00. The second-order valence-electron chi connectivity index (χ2n) is 4.04. The van der Waals surface area contributed by atoms with Crippen LogP contribution >= 0.6 is 11.8 Å². The highest BCUT2D eigenvalue weighted by atomic mass is 32.2. The van der Waals surface area contributed by atoms with Crippen LogP contribution in [0.2, 0.25) is 0 Å². The van der Waals surface area contributed by atoms with Crippen molar-refractivity contribution in [3.8, 4) is 0 Å². The normalized spacial score (nSPS) is 21.6. The van der Waals surface area contributed by atoms with Gasteiger partial charge in [0, 0.05) is 25.9 Å². The predicted molar refractivity (Wildman–Crippen MR) is 63.7 cm³/mol. The van der Waals surface area contributed by atoms with Crippen LogP contribution in [-0.4, -0.2) is 64.6 Å². The van der Waals surface area contributed by atoms with Crippen molar-refractivity contribution in [3.63, 3.8) is 0 Å². The molecule has 2 atom stereocenters. The fraction of sp³-hybridized carbons (Fsp3) is 0.800. The Hall–Kier alpha value is -0.910. The number of nitrogens with zero attached hydrogens (tertiary/aromatic N) is 2. The summed E-state index contributed by atoms with van der Waals surface area (Å²) < 4.78 is 0. The molecule has 1 fully saturated rings. The van der Waals surface area contributed by atoms with Crippen LogP contribution in [0.1, 0.15) is 13.3 Å². The number of carboxylic acid groups (broad SMARTS) is 1. The van der Waals surface area contributed by atoms with Crippen LogP contribution in [0.5, 0.6) is 0 Å². The van der Waals surface area contributed by atoms with Gasteiger partial charge in [-0.1, -0.05) is 0 Å². The number of amides is 2. The van der Waals surface area contributed by atoms with E-state index in [-0.39, 0.29) is 12.1 Å². The highest BCUT2D eigenvalue weighted by Gasteiger charge is 2.29. The van der Waals surface area contributed by atoms with Crippen molar-refractivity contribution in [2.75, 3.05) is 25.6 Å². The lowest BCUT2D eigenvalue weighted by atomic mass is 10.2. The van der Waals surface area contributed by atoms with Crippen LogP contribution in [0.4, 0.5) is 4.79 Å². The maximum absolute atomic E-state index is 12.0. The molecule has 1 rings (SSSR count). The first kappa shape index (κ1) is 13.2. The Morgan fingerprint density at radius 3 is 2.50 bits per heavy atom. The van der Waals surface area contributed by atoms with E-state index in [1.807, 2.05) is 11.8 Å². The van der Waals surface area contributed by atoms with Crippen LogP contribution in [-0.2, 0) is 4.79 Å². The van der Waals surface area contributed by atoms with Gasteiger partial charge in [0.05, 0.1) is 0 Å². The van der Waals surface area contributed by atoms with Gasteiger partial charge < -0.3 is 14.9 Å². The number of rotatable bonds is 3. The van der Waals surface area contributed by atoms with E-state index in [9.17, 15) is 9.59 Å². The molecule has 0 aliphatic carbocycles. The van der Waals surface area contributed by atoms with E-state index in [2.05, 4.69) is 0 Å². The summed E-state index contributed by atoms with van der Waals surface area (Å²) in [6.07, 6.45) is 0.988. The first-order valence-electron chi connectivity index (χ1n) is 5.25. The predicted octanol–water partition coefficient (Wildman–Crippen LogP) is 0.949. The van der Waals surface area contributed by atoms with E-state index in [4.69, 9.17) is 5.11 Å². The molecule has 0 aromatic rings. The number of carbonyl (C=O) groups is 2. The number of hydrogen-bond donors (Lipinski definition) is 1. The van der Waals surface area contributed by atoms with Gasteiger partial charge in [0.2, 0.25) is 0 Å². The third-order valence-corrected chi connectivity index (χ3v) is 4.14. The zero-order valence-corrected chi connectivity index (χ0v) is 10.7. The number of likely N-dealkylation sites (N-methyl/N-ethyl adjacent to an activating group) is 1. The molecule has 0 aromatic carbocycles. The maximum Gasteiger partial charge on any atom is 0.326 e. The van der Waals surface area contributed by atoms with E-state index >= 15 is 0 Å². The molecule has 0 aromatic heterocycles. The second kappa shape index (κ2) is 5.43. The molecule has 1 heterocycles. The molecule has 6 heteroatoms. The summed E-state index contributed by atoms with van der Waals surface area (Å²) >= 11 is 1.83. The van der Waals surface area contributed by atoms with Crippen LogP contribution in [0, 0.1) is 0 Å². The molecule has 16 heavy (non-hydrogen) atoms. The maximum atomic E-state index is 12.0. The van der Waals surface area contributed by atoms with E-state index in [1.165, 1.54) is 18.9 Å². The van der Waals surface area contributed by atoms with Crippen molar-refractivity contribution >= 4 is 23.8 Å². The molecule has 0 bridgehead atoms. The largest absolute Gasteiger partial charge is 0.480 e. The van der Waals surface area contributed by atoms with Gasteiger partial charge in [0.1, 0.15) is 6.04 Å². The molecule has 0 saturated carbocycles. The third kappa shape index (κ3) is 2.81. The molecular weight excluding hydrogens is 228 g/mol. The zero-order chi connectivity index (χ0) is 12.3. The Balaban J connectivity index is 2.58. The fourth-order valence-electron chi connectivity index (χ4n) is 1.56. The highest BCUT2D eigenvalue weighted by molar-refractivity contribution is 7.99. The van der Waals surface area contributed by atoms with Gasteiger partial charge in [-0.2, -0.15) is 11.8 Å². The summed E-state index contributed by atoms with van der Waals surface area (Å²) in [6, 6.07) is -0.771. The van der Waals surface area contributed by atoms with E-state index < -0.39 is 12.0 Å². The molecule has 1 N–H and O–H groups in total. The number of carboxylic acids is 1. The van der Waals surface area contributed by atoms with Crippen LogP contribution < -0.4 is 0 Å². The highest BCUT2D eigenvalue weighted by Crippen LogP contribution is 2.22. The van der Waals surface area contributed by atoms with Crippen LogP contribution in [0.3, 0.4) is 0 Å². The monoisotopic (exact) mass is 246 g/mol. The molecule has 0 spiro atoms. The second-order valence-corrected chi connectivity index (χ2v) is 5.19. The average molecular weight is 246 g/mol. The topological polar surface area (TPSA) is 60.9 Å². The number of thioether (sulfide) groups is 1. The van der Waals surface area contributed by atoms with Crippen molar-refractivity contribution in [1.29, 1.82) is 0 Å². The van der Waals surface area contributed by atoms with Gasteiger partial charge in [-0.25, -0.2) is 9.59 Å². The van der Waals surface area contributed by atoms with Gasteiger partial charge >= 0.3 is 12.0 Å². The molecular formula is C10H18N2O3S. The molecule has 2 unspecified atom stereocenters. The van der Waals surface area contributed by atoms with E-state index in [1.54, 1.807) is 11.9 Å². The van der Waals surface area contributed by atoms with E-state index in [0.29, 0.717) is 0 Å². The molecule has 2 amide bonds. The lowest BCUT2D eigenvalue weighted by Gasteiger charge is -2.31. The Kier molecular flexibility index (Phi) is 4.46. The van der Waals surface area contributed by atoms with Gasteiger partial charge in [-0.05, 0) is 19.1 Å². The van der Waals surface area contributed by atoms with Gasteiger partial charge in [0.15, 0.2) is 0 Å². The number of urea groups is 1. The van der Waals surface area contributed by atoms with Gasteiger partial charge in [-0.15, -0.1) is 0 Å². The summed E-state index contributed by atoms with van der Waals surface area (Å²) in [6.45, 7) is 1.51. The Morgan fingerprint density at radius 1 is 1.44 bits per heavy atom. The fourth-order valence-corrected chi connectivity index (χ4v) is 2.83. The lowest BCUT2D eigenvalue weighted by Crippen LogP contribution is -2.49. The van der Waals surface area contributed by atoms with E-state index in [0.717, 1.165) is 17.9 Å². The number of carbonyl (C=O) groups excluding carboxylic acids is 1. The molecule has 92 valence electrons. The molecule has 1 aliphatic rings. The first-order chi connectivity index (χ1) is 7.45.